The number of rotatable bonds is 6. The molecular weight excluding hydrogens is 282 g/mol. The molecule has 0 heterocycles. The van der Waals surface area contributed by atoms with Crippen LogP contribution in [0.25, 0.3) is 0 Å². The van der Waals surface area contributed by atoms with Crippen molar-refractivity contribution in [2.75, 3.05) is 6.26 Å². The lowest BCUT2D eigenvalue weighted by molar-refractivity contribution is -0.136. The minimum atomic E-state index is -3.40. The molecule has 2 N–H and O–H groups in total. The fourth-order valence-electron chi connectivity index (χ4n) is 1.48. The van der Waals surface area contributed by atoms with Gasteiger partial charge in [0, 0.05) is 12.8 Å². The van der Waals surface area contributed by atoms with Gasteiger partial charge in [0.2, 0.25) is 5.91 Å². The van der Waals surface area contributed by atoms with E-state index in [0.717, 1.165) is 11.8 Å². The van der Waals surface area contributed by atoms with E-state index in [1.807, 2.05) is 0 Å². The Kier molecular flexibility index (Phi) is 5.26. The average molecular weight is 299 g/mol. The van der Waals surface area contributed by atoms with Crippen LogP contribution in [-0.2, 0) is 32.4 Å². The number of aliphatic carboxylic acids is 1. The maximum absolute atomic E-state index is 11.6. The van der Waals surface area contributed by atoms with Crippen LogP contribution >= 0.6 is 0 Å². The van der Waals surface area contributed by atoms with E-state index in [4.69, 9.17) is 5.11 Å². The van der Waals surface area contributed by atoms with E-state index in [1.165, 1.54) is 6.92 Å². The molecule has 1 aromatic rings. The van der Waals surface area contributed by atoms with E-state index in [1.54, 1.807) is 24.3 Å². The SMILES string of the molecule is CC(C(=O)NCc1ccc(CC(=O)O)cc1)S(C)(=O)=O. The largest absolute Gasteiger partial charge is 0.481 e. The summed E-state index contributed by atoms with van der Waals surface area (Å²) in [6, 6.07) is 6.72. The molecule has 7 heteroatoms. The number of amides is 1. The first-order valence-electron chi connectivity index (χ1n) is 5.96. The summed E-state index contributed by atoms with van der Waals surface area (Å²) < 4.78 is 22.4. The Labute approximate surface area is 117 Å². The van der Waals surface area contributed by atoms with Crippen molar-refractivity contribution in [3.8, 4) is 0 Å². The number of nitrogens with one attached hydrogen (secondary N) is 1. The Morgan fingerprint density at radius 3 is 2.15 bits per heavy atom. The highest BCUT2D eigenvalue weighted by atomic mass is 32.2. The minimum Gasteiger partial charge on any atom is -0.481 e. The van der Waals surface area contributed by atoms with Crippen molar-refractivity contribution >= 4 is 21.7 Å². The first kappa shape index (κ1) is 16.2. The molecule has 0 saturated heterocycles. The predicted molar refractivity (Wildman–Crippen MR) is 73.9 cm³/mol. The van der Waals surface area contributed by atoms with Gasteiger partial charge in [-0.15, -0.1) is 0 Å². The zero-order valence-electron chi connectivity index (χ0n) is 11.3. The van der Waals surface area contributed by atoms with Crippen LogP contribution in [0.4, 0.5) is 0 Å². The summed E-state index contributed by atoms with van der Waals surface area (Å²) in [5, 5.41) is 10.1. The van der Waals surface area contributed by atoms with Gasteiger partial charge in [0.15, 0.2) is 9.84 Å². The van der Waals surface area contributed by atoms with Crippen LogP contribution in [0.1, 0.15) is 18.1 Å². The molecule has 0 aromatic heterocycles. The van der Waals surface area contributed by atoms with Crippen LogP contribution in [0.15, 0.2) is 24.3 Å². The lowest BCUT2D eigenvalue weighted by Gasteiger charge is -2.10. The van der Waals surface area contributed by atoms with Crippen LogP contribution in [0.2, 0.25) is 0 Å². The predicted octanol–water partition coefficient (Wildman–Crippen LogP) is 0.363. The zero-order valence-corrected chi connectivity index (χ0v) is 12.1. The number of carbonyl (C=O) groups is 2. The van der Waals surface area contributed by atoms with Crippen LogP contribution in [0.3, 0.4) is 0 Å². The van der Waals surface area contributed by atoms with Gasteiger partial charge in [-0.2, -0.15) is 0 Å². The lowest BCUT2D eigenvalue weighted by atomic mass is 10.1. The first-order valence-corrected chi connectivity index (χ1v) is 7.92. The Morgan fingerprint density at radius 2 is 1.70 bits per heavy atom. The molecule has 1 unspecified atom stereocenters. The van der Waals surface area contributed by atoms with Crippen molar-refractivity contribution in [2.45, 2.75) is 25.1 Å². The lowest BCUT2D eigenvalue weighted by Crippen LogP contribution is -2.36. The number of benzene rings is 1. The summed E-state index contributed by atoms with van der Waals surface area (Å²) in [6.45, 7) is 1.53. The highest BCUT2D eigenvalue weighted by Crippen LogP contribution is 2.06. The molecule has 0 saturated carbocycles. The van der Waals surface area contributed by atoms with Crippen molar-refractivity contribution in [1.29, 1.82) is 0 Å². The fraction of sp³-hybridized carbons (Fsp3) is 0.385. The van der Waals surface area contributed by atoms with E-state index >= 15 is 0 Å². The molecular formula is C13H17NO5S. The summed E-state index contributed by atoms with van der Waals surface area (Å²) in [6.07, 6.45) is 0.954. The second-order valence-electron chi connectivity index (χ2n) is 4.58. The molecule has 6 nitrogen and oxygen atoms in total. The van der Waals surface area contributed by atoms with E-state index in [0.29, 0.717) is 5.56 Å². The molecule has 1 atom stereocenters. The van der Waals surface area contributed by atoms with E-state index in [-0.39, 0.29) is 13.0 Å². The van der Waals surface area contributed by atoms with Crippen molar-refractivity contribution in [2.24, 2.45) is 0 Å². The second kappa shape index (κ2) is 6.51. The molecule has 1 aromatic carbocycles. The first-order chi connectivity index (χ1) is 9.20. The van der Waals surface area contributed by atoms with Gasteiger partial charge < -0.3 is 10.4 Å². The summed E-state index contributed by atoms with van der Waals surface area (Å²) in [7, 11) is -3.40. The average Bonchev–Trinajstić information content (AvgIpc) is 2.35. The Hall–Kier alpha value is -1.89. The van der Waals surface area contributed by atoms with Gasteiger partial charge in [0.1, 0.15) is 5.25 Å². The van der Waals surface area contributed by atoms with Gasteiger partial charge in [-0.05, 0) is 18.1 Å². The number of hydrogen-bond donors (Lipinski definition) is 2. The number of sulfone groups is 1. The van der Waals surface area contributed by atoms with Gasteiger partial charge in [-0.25, -0.2) is 8.42 Å². The third kappa shape index (κ3) is 5.00. The second-order valence-corrected chi connectivity index (χ2v) is 6.94. The summed E-state index contributed by atoms with van der Waals surface area (Å²) in [5.74, 6) is -1.46. The van der Waals surface area contributed by atoms with Crippen LogP contribution < -0.4 is 5.32 Å². The van der Waals surface area contributed by atoms with Crippen molar-refractivity contribution in [3.63, 3.8) is 0 Å². The highest BCUT2D eigenvalue weighted by Gasteiger charge is 2.22. The van der Waals surface area contributed by atoms with E-state index < -0.39 is 27.0 Å². The van der Waals surface area contributed by atoms with Gasteiger partial charge >= 0.3 is 5.97 Å². The van der Waals surface area contributed by atoms with Gasteiger partial charge in [0.25, 0.3) is 0 Å². The standard InChI is InChI=1S/C13H17NO5S/c1-9(20(2,18)19)13(17)14-8-11-5-3-10(4-6-11)7-12(15)16/h3-6,9H,7-8H2,1-2H3,(H,14,17)(H,15,16). The Bertz CT molecular complexity index is 592. The normalized spacial score (nSPS) is 12.7. The molecule has 0 aliphatic heterocycles. The molecule has 0 fully saturated rings. The monoisotopic (exact) mass is 299 g/mol. The fourth-order valence-corrected chi connectivity index (χ4v) is 1.95. The molecule has 0 aliphatic rings. The van der Waals surface area contributed by atoms with Gasteiger partial charge in [-0.1, -0.05) is 24.3 Å². The third-order valence-electron chi connectivity index (χ3n) is 2.86. The topological polar surface area (TPSA) is 101 Å². The summed E-state index contributed by atoms with van der Waals surface area (Å²) >= 11 is 0. The minimum absolute atomic E-state index is 0.0578. The molecule has 1 amide bonds. The van der Waals surface area contributed by atoms with Crippen LogP contribution in [-0.4, -0.2) is 36.9 Å². The molecule has 110 valence electrons. The third-order valence-corrected chi connectivity index (χ3v) is 4.36. The van der Waals surface area contributed by atoms with Crippen LogP contribution in [0.5, 0.6) is 0 Å². The molecule has 0 bridgehead atoms. The molecule has 1 rings (SSSR count). The molecule has 0 spiro atoms. The van der Waals surface area contributed by atoms with Crippen molar-refractivity contribution < 1.29 is 23.1 Å². The summed E-state index contributed by atoms with van der Waals surface area (Å²) in [5.41, 5.74) is 1.44. The maximum Gasteiger partial charge on any atom is 0.307 e. The molecule has 0 radical (unpaired) electrons. The maximum atomic E-state index is 11.6. The van der Waals surface area contributed by atoms with Crippen molar-refractivity contribution in [3.05, 3.63) is 35.4 Å². The zero-order chi connectivity index (χ0) is 15.3. The Balaban J connectivity index is 2.58. The van der Waals surface area contributed by atoms with E-state index in [9.17, 15) is 18.0 Å². The number of carbonyl (C=O) groups excluding carboxylic acids is 1. The van der Waals surface area contributed by atoms with Gasteiger partial charge in [-0.3, -0.25) is 9.59 Å². The highest BCUT2D eigenvalue weighted by molar-refractivity contribution is 7.92. The van der Waals surface area contributed by atoms with Gasteiger partial charge in [0.05, 0.1) is 6.42 Å². The molecule has 0 aliphatic carbocycles. The quantitative estimate of drug-likeness (QED) is 0.790. The summed E-state index contributed by atoms with van der Waals surface area (Å²) in [4.78, 5) is 22.1. The number of hydrogen-bond acceptors (Lipinski definition) is 4. The van der Waals surface area contributed by atoms with Crippen molar-refractivity contribution in [1.82, 2.24) is 5.32 Å². The number of carboxylic acids is 1. The van der Waals surface area contributed by atoms with Crippen LogP contribution in [0, 0.1) is 0 Å². The number of carboxylic acid groups (broad SMARTS) is 1. The smallest absolute Gasteiger partial charge is 0.307 e. The molecule has 20 heavy (non-hydrogen) atoms. The van der Waals surface area contributed by atoms with E-state index in [2.05, 4.69) is 5.32 Å². The Morgan fingerprint density at radius 1 is 1.20 bits per heavy atom.